The van der Waals surface area contributed by atoms with Crippen LogP contribution in [0.3, 0.4) is 0 Å². The van der Waals surface area contributed by atoms with E-state index in [1.54, 1.807) is 13.8 Å². The molecule has 0 saturated carbocycles. The minimum atomic E-state index is -0.859. The second kappa shape index (κ2) is 7.00. The molecule has 0 saturated heterocycles. The summed E-state index contributed by atoms with van der Waals surface area (Å²) in [5.41, 5.74) is 5.67. The van der Waals surface area contributed by atoms with E-state index in [1.807, 2.05) is 0 Å². The van der Waals surface area contributed by atoms with Gasteiger partial charge in [-0.3, -0.25) is 4.79 Å². The summed E-state index contributed by atoms with van der Waals surface area (Å²) < 4.78 is 9.39. The first-order valence-corrected chi connectivity index (χ1v) is 4.80. The first kappa shape index (κ1) is 13.6. The Balaban J connectivity index is 4.06. The molecule has 86 valence electrons. The number of carbonyl (C=O) groups is 2. The van der Waals surface area contributed by atoms with Crippen LogP contribution in [0.15, 0.2) is 12.2 Å². The molecule has 0 aliphatic rings. The van der Waals surface area contributed by atoms with Gasteiger partial charge in [0.1, 0.15) is 6.04 Å². The Morgan fingerprint density at radius 3 is 2.27 bits per heavy atom. The molecule has 0 aliphatic heterocycles. The summed E-state index contributed by atoms with van der Waals surface area (Å²) in [5.74, 6) is -1.07. The van der Waals surface area contributed by atoms with Crippen molar-refractivity contribution in [1.82, 2.24) is 0 Å². The van der Waals surface area contributed by atoms with Gasteiger partial charge in [-0.15, -0.1) is 0 Å². The number of esters is 2. The normalized spacial score (nSPS) is 11.7. The number of nitrogens with two attached hydrogens (primary N) is 1. The van der Waals surface area contributed by atoms with Crippen molar-refractivity contribution < 1.29 is 19.1 Å². The van der Waals surface area contributed by atoms with Gasteiger partial charge >= 0.3 is 11.9 Å². The van der Waals surface area contributed by atoms with Gasteiger partial charge in [-0.2, -0.15) is 0 Å². The SMILES string of the molecule is C=C(CC(N)C(=O)OCC)C(=O)OCC. The molecule has 0 aromatic rings. The van der Waals surface area contributed by atoms with Gasteiger partial charge in [-0.05, 0) is 13.8 Å². The molecule has 0 fully saturated rings. The predicted octanol–water partition coefficient (Wildman–Crippen LogP) is 0.386. The van der Waals surface area contributed by atoms with E-state index in [1.165, 1.54) is 0 Å². The van der Waals surface area contributed by atoms with Gasteiger partial charge in [0.15, 0.2) is 0 Å². The number of ether oxygens (including phenoxy) is 2. The second-order valence-corrected chi connectivity index (χ2v) is 2.89. The van der Waals surface area contributed by atoms with Crippen molar-refractivity contribution in [3.05, 3.63) is 12.2 Å². The van der Waals surface area contributed by atoms with Crippen molar-refractivity contribution in [3.63, 3.8) is 0 Å². The highest BCUT2D eigenvalue weighted by atomic mass is 16.5. The van der Waals surface area contributed by atoms with E-state index in [-0.39, 0.29) is 25.2 Å². The summed E-state index contributed by atoms with van der Waals surface area (Å²) in [5, 5.41) is 0. The lowest BCUT2D eigenvalue weighted by Crippen LogP contribution is -2.33. The van der Waals surface area contributed by atoms with Crippen molar-refractivity contribution >= 4 is 11.9 Å². The Hall–Kier alpha value is -1.36. The summed E-state index contributed by atoms with van der Waals surface area (Å²) in [7, 11) is 0. The highest BCUT2D eigenvalue weighted by Gasteiger charge is 2.19. The minimum Gasteiger partial charge on any atom is -0.465 e. The van der Waals surface area contributed by atoms with Gasteiger partial charge < -0.3 is 15.2 Å². The van der Waals surface area contributed by atoms with Crippen LogP contribution in [0.25, 0.3) is 0 Å². The van der Waals surface area contributed by atoms with Gasteiger partial charge in [-0.1, -0.05) is 6.58 Å². The smallest absolute Gasteiger partial charge is 0.333 e. The lowest BCUT2D eigenvalue weighted by atomic mass is 10.1. The summed E-state index contributed by atoms with van der Waals surface area (Å²) in [6, 6.07) is -0.859. The topological polar surface area (TPSA) is 78.6 Å². The minimum absolute atomic E-state index is 0.0532. The number of hydrogen-bond donors (Lipinski definition) is 1. The lowest BCUT2D eigenvalue weighted by molar-refractivity contribution is -0.144. The molecule has 15 heavy (non-hydrogen) atoms. The van der Waals surface area contributed by atoms with Crippen molar-refractivity contribution in [2.45, 2.75) is 26.3 Å². The highest BCUT2D eigenvalue weighted by molar-refractivity contribution is 5.89. The van der Waals surface area contributed by atoms with Crippen LogP contribution < -0.4 is 5.73 Å². The molecule has 0 spiro atoms. The van der Waals surface area contributed by atoms with E-state index < -0.39 is 18.0 Å². The van der Waals surface area contributed by atoms with Crippen LogP contribution in [0, 0.1) is 0 Å². The first-order chi connectivity index (χ1) is 7.02. The van der Waals surface area contributed by atoms with Crippen LogP contribution in [0.1, 0.15) is 20.3 Å². The molecular formula is C10H17NO4. The molecule has 0 bridgehead atoms. The van der Waals surface area contributed by atoms with Gasteiger partial charge in [0.2, 0.25) is 0 Å². The zero-order valence-corrected chi connectivity index (χ0v) is 9.12. The Bertz CT molecular complexity index is 250. The van der Waals surface area contributed by atoms with Crippen molar-refractivity contribution in [3.8, 4) is 0 Å². The number of carbonyl (C=O) groups excluding carboxylic acids is 2. The Morgan fingerprint density at radius 2 is 1.80 bits per heavy atom. The molecule has 0 aromatic carbocycles. The molecule has 0 heterocycles. The van der Waals surface area contributed by atoms with Gasteiger partial charge in [0.25, 0.3) is 0 Å². The molecule has 1 atom stereocenters. The van der Waals surface area contributed by atoms with E-state index in [2.05, 4.69) is 11.3 Å². The van der Waals surface area contributed by atoms with Gasteiger partial charge in [0, 0.05) is 12.0 Å². The Morgan fingerprint density at radius 1 is 1.27 bits per heavy atom. The van der Waals surface area contributed by atoms with E-state index in [0.29, 0.717) is 0 Å². The molecule has 0 rings (SSSR count). The van der Waals surface area contributed by atoms with Crippen molar-refractivity contribution in [1.29, 1.82) is 0 Å². The molecule has 5 nitrogen and oxygen atoms in total. The fourth-order valence-electron chi connectivity index (χ4n) is 0.915. The predicted molar refractivity (Wildman–Crippen MR) is 55.0 cm³/mol. The third-order valence-electron chi connectivity index (χ3n) is 1.62. The van der Waals surface area contributed by atoms with Crippen molar-refractivity contribution in [2.75, 3.05) is 13.2 Å². The van der Waals surface area contributed by atoms with Crippen LogP contribution in [0.5, 0.6) is 0 Å². The number of hydrogen-bond acceptors (Lipinski definition) is 5. The van der Waals surface area contributed by atoms with Crippen molar-refractivity contribution in [2.24, 2.45) is 5.73 Å². The molecule has 0 radical (unpaired) electrons. The maximum atomic E-state index is 11.1. The molecule has 2 N–H and O–H groups in total. The van der Waals surface area contributed by atoms with Crippen LogP contribution in [-0.4, -0.2) is 31.2 Å². The standard InChI is InChI=1S/C10H17NO4/c1-4-14-9(12)7(3)6-8(11)10(13)15-5-2/h8H,3-6,11H2,1-2H3. The highest BCUT2D eigenvalue weighted by Crippen LogP contribution is 2.05. The van der Waals surface area contributed by atoms with Crippen LogP contribution in [0.2, 0.25) is 0 Å². The summed E-state index contributed by atoms with van der Waals surface area (Å²) >= 11 is 0. The van der Waals surface area contributed by atoms with Gasteiger partial charge in [-0.25, -0.2) is 4.79 Å². The third kappa shape index (κ3) is 5.17. The molecule has 5 heteroatoms. The average Bonchev–Trinajstić information content (AvgIpc) is 2.18. The van der Waals surface area contributed by atoms with Crippen LogP contribution in [0.4, 0.5) is 0 Å². The van der Waals surface area contributed by atoms with Crippen LogP contribution in [-0.2, 0) is 19.1 Å². The zero-order valence-electron chi connectivity index (χ0n) is 9.12. The van der Waals surface area contributed by atoms with E-state index in [0.717, 1.165) is 0 Å². The molecule has 0 amide bonds. The second-order valence-electron chi connectivity index (χ2n) is 2.89. The number of rotatable bonds is 6. The average molecular weight is 215 g/mol. The zero-order chi connectivity index (χ0) is 11.8. The van der Waals surface area contributed by atoms with Gasteiger partial charge in [0.05, 0.1) is 13.2 Å². The van der Waals surface area contributed by atoms with Crippen LogP contribution >= 0.6 is 0 Å². The Labute approximate surface area is 89.2 Å². The van der Waals surface area contributed by atoms with E-state index in [9.17, 15) is 9.59 Å². The maximum absolute atomic E-state index is 11.1. The summed E-state index contributed by atoms with van der Waals surface area (Å²) in [6.45, 7) is 7.40. The summed E-state index contributed by atoms with van der Waals surface area (Å²) in [6.07, 6.45) is 0.0532. The third-order valence-corrected chi connectivity index (χ3v) is 1.62. The largest absolute Gasteiger partial charge is 0.465 e. The maximum Gasteiger partial charge on any atom is 0.333 e. The first-order valence-electron chi connectivity index (χ1n) is 4.80. The van der Waals surface area contributed by atoms with E-state index >= 15 is 0 Å². The Kier molecular flexibility index (Phi) is 6.37. The fourth-order valence-corrected chi connectivity index (χ4v) is 0.915. The molecule has 1 unspecified atom stereocenters. The van der Waals surface area contributed by atoms with E-state index in [4.69, 9.17) is 10.5 Å². The summed E-state index contributed by atoms with van der Waals surface area (Å²) in [4.78, 5) is 22.2. The monoisotopic (exact) mass is 215 g/mol. The lowest BCUT2D eigenvalue weighted by Gasteiger charge is -2.11. The molecule has 0 aliphatic carbocycles. The molecular weight excluding hydrogens is 198 g/mol. The molecule has 0 aromatic heterocycles. The fraction of sp³-hybridized carbons (Fsp3) is 0.600. The quantitative estimate of drug-likeness (QED) is 0.512.